The van der Waals surface area contributed by atoms with Crippen molar-refractivity contribution in [3.8, 4) is 0 Å². The summed E-state index contributed by atoms with van der Waals surface area (Å²) in [6.07, 6.45) is 4.43. The highest BCUT2D eigenvalue weighted by Crippen LogP contribution is 2.24. The first kappa shape index (κ1) is 17.5. The van der Waals surface area contributed by atoms with E-state index in [1.165, 1.54) is 0 Å². The van der Waals surface area contributed by atoms with Crippen molar-refractivity contribution in [2.45, 2.75) is 58.2 Å². The lowest BCUT2D eigenvalue weighted by Crippen LogP contribution is -2.39. The number of amides is 2. The Morgan fingerprint density at radius 1 is 1.22 bits per heavy atom. The topological polar surface area (TPSA) is 78.4 Å². The molecule has 1 aromatic rings. The fraction of sp³-hybridized carbons (Fsp3) is 0.556. The van der Waals surface area contributed by atoms with Crippen molar-refractivity contribution in [2.24, 2.45) is 5.92 Å². The Kier molecular flexibility index (Phi) is 6.59. The summed E-state index contributed by atoms with van der Waals surface area (Å²) in [7, 11) is 0. The average Bonchev–Trinajstić information content (AvgIpc) is 3.07. The van der Waals surface area contributed by atoms with Crippen LogP contribution in [-0.2, 0) is 22.7 Å². The number of rotatable bonds is 7. The van der Waals surface area contributed by atoms with E-state index in [0.717, 1.165) is 36.8 Å². The molecule has 1 unspecified atom stereocenters. The Morgan fingerprint density at radius 3 is 2.52 bits per heavy atom. The predicted molar refractivity (Wildman–Crippen MR) is 88.4 cm³/mol. The van der Waals surface area contributed by atoms with Gasteiger partial charge in [0.05, 0.1) is 6.61 Å². The van der Waals surface area contributed by atoms with Crippen molar-refractivity contribution in [3.05, 3.63) is 35.4 Å². The maximum atomic E-state index is 12.0. The van der Waals surface area contributed by atoms with Crippen LogP contribution in [0.1, 0.15) is 50.2 Å². The zero-order valence-corrected chi connectivity index (χ0v) is 13.7. The molecule has 5 heteroatoms. The molecule has 1 aliphatic carbocycles. The van der Waals surface area contributed by atoms with Gasteiger partial charge in [0.2, 0.25) is 11.8 Å². The molecule has 2 amide bonds. The summed E-state index contributed by atoms with van der Waals surface area (Å²) in [6, 6.07) is 7.29. The summed E-state index contributed by atoms with van der Waals surface area (Å²) in [5.74, 6) is 0.0994. The first-order valence-corrected chi connectivity index (χ1v) is 8.35. The van der Waals surface area contributed by atoms with Crippen LogP contribution in [0.3, 0.4) is 0 Å². The molecule has 1 fully saturated rings. The highest BCUT2D eigenvalue weighted by Gasteiger charge is 2.24. The molecule has 2 rings (SSSR count). The molecule has 1 atom stereocenters. The smallest absolute Gasteiger partial charge is 0.223 e. The molecule has 3 N–H and O–H groups in total. The van der Waals surface area contributed by atoms with Gasteiger partial charge in [-0.25, -0.2) is 0 Å². The van der Waals surface area contributed by atoms with E-state index in [-0.39, 0.29) is 36.8 Å². The third kappa shape index (κ3) is 5.36. The van der Waals surface area contributed by atoms with E-state index in [9.17, 15) is 14.7 Å². The molecular formula is C18H26N2O3. The molecule has 0 spiro atoms. The van der Waals surface area contributed by atoms with Gasteiger partial charge in [-0.2, -0.15) is 0 Å². The maximum absolute atomic E-state index is 12.0. The second-order valence-electron chi connectivity index (χ2n) is 6.30. The Hall–Kier alpha value is -1.88. The van der Waals surface area contributed by atoms with E-state index < -0.39 is 0 Å². The molecule has 1 aromatic carbocycles. The Bertz CT molecular complexity index is 539. The van der Waals surface area contributed by atoms with E-state index in [2.05, 4.69) is 10.6 Å². The van der Waals surface area contributed by atoms with Gasteiger partial charge in [-0.3, -0.25) is 9.59 Å². The number of hydrogen-bond acceptors (Lipinski definition) is 3. The van der Waals surface area contributed by atoms with Gasteiger partial charge in [-0.05, 0) is 30.9 Å². The molecular weight excluding hydrogens is 292 g/mol. The van der Waals surface area contributed by atoms with Crippen molar-refractivity contribution in [1.82, 2.24) is 10.6 Å². The molecule has 0 saturated heterocycles. The van der Waals surface area contributed by atoms with Crippen LogP contribution in [0.15, 0.2) is 24.3 Å². The number of carbonyl (C=O) groups is 2. The Balaban J connectivity index is 1.74. The van der Waals surface area contributed by atoms with Crippen molar-refractivity contribution >= 4 is 11.8 Å². The summed E-state index contributed by atoms with van der Waals surface area (Å²) >= 11 is 0. The summed E-state index contributed by atoms with van der Waals surface area (Å²) < 4.78 is 0. The largest absolute Gasteiger partial charge is 0.392 e. The third-order valence-corrected chi connectivity index (χ3v) is 4.37. The predicted octanol–water partition coefficient (Wildman–Crippen LogP) is 1.88. The SMILES string of the molecule is CC(CC(=O)NCc1ccccc1CO)NC(=O)C1CCCC1. The second-order valence-corrected chi connectivity index (χ2v) is 6.30. The summed E-state index contributed by atoms with van der Waals surface area (Å²) in [6.45, 7) is 2.20. The lowest BCUT2D eigenvalue weighted by molar-refractivity contribution is -0.126. The molecule has 23 heavy (non-hydrogen) atoms. The quantitative estimate of drug-likeness (QED) is 0.718. The molecule has 0 aliphatic heterocycles. The Labute approximate surface area is 137 Å². The number of benzene rings is 1. The van der Waals surface area contributed by atoms with Crippen LogP contribution in [0, 0.1) is 5.92 Å². The maximum Gasteiger partial charge on any atom is 0.223 e. The van der Waals surface area contributed by atoms with E-state index in [1.807, 2.05) is 31.2 Å². The monoisotopic (exact) mass is 318 g/mol. The Morgan fingerprint density at radius 2 is 1.87 bits per heavy atom. The number of aliphatic hydroxyl groups is 1. The average molecular weight is 318 g/mol. The van der Waals surface area contributed by atoms with Gasteiger partial charge >= 0.3 is 0 Å². The number of hydrogen-bond donors (Lipinski definition) is 3. The highest BCUT2D eigenvalue weighted by atomic mass is 16.3. The van der Waals surface area contributed by atoms with Crippen LogP contribution in [0.5, 0.6) is 0 Å². The van der Waals surface area contributed by atoms with Gasteiger partial charge in [0.1, 0.15) is 0 Å². The number of nitrogens with one attached hydrogen (secondary N) is 2. The van der Waals surface area contributed by atoms with Crippen molar-refractivity contribution in [2.75, 3.05) is 0 Å². The second kappa shape index (κ2) is 8.67. The van der Waals surface area contributed by atoms with Crippen LogP contribution < -0.4 is 10.6 Å². The molecule has 5 nitrogen and oxygen atoms in total. The highest BCUT2D eigenvalue weighted by molar-refractivity contribution is 5.81. The van der Waals surface area contributed by atoms with E-state index in [0.29, 0.717) is 6.54 Å². The fourth-order valence-corrected chi connectivity index (χ4v) is 3.03. The molecule has 0 aromatic heterocycles. The van der Waals surface area contributed by atoms with Gasteiger partial charge in [0.15, 0.2) is 0 Å². The number of aliphatic hydroxyl groups excluding tert-OH is 1. The van der Waals surface area contributed by atoms with E-state index in [4.69, 9.17) is 0 Å². The van der Waals surface area contributed by atoms with Crippen LogP contribution in [0.4, 0.5) is 0 Å². The van der Waals surface area contributed by atoms with Crippen molar-refractivity contribution < 1.29 is 14.7 Å². The molecule has 0 radical (unpaired) electrons. The minimum Gasteiger partial charge on any atom is -0.392 e. The lowest BCUT2D eigenvalue weighted by atomic mass is 10.1. The minimum absolute atomic E-state index is 0.0418. The summed E-state index contributed by atoms with van der Waals surface area (Å²) in [5.41, 5.74) is 1.72. The summed E-state index contributed by atoms with van der Waals surface area (Å²) in [4.78, 5) is 24.0. The third-order valence-electron chi connectivity index (χ3n) is 4.37. The van der Waals surface area contributed by atoms with Gasteiger partial charge in [-0.15, -0.1) is 0 Å². The molecule has 0 heterocycles. The first-order valence-electron chi connectivity index (χ1n) is 8.35. The van der Waals surface area contributed by atoms with Gasteiger partial charge in [0.25, 0.3) is 0 Å². The standard InChI is InChI=1S/C18H26N2O3/c1-13(20-18(23)14-6-2-3-7-14)10-17(22)19-11-15-8-4-5-9-16(15)12-21/h4-5,8-9,13-14,21H,2-3,6-7,10-12H2,1H3,(H,19,22)(H,20,23). The van der Waals surface area contributed by atoms with Crippen LogP contribution in [0.25, 0.3) is 0 Å². The van der Waals surface area contributed by atoms with E-state index in [1.54, 1.807) is 0 Å². The van der Waals surface area contributed by atoms with Crippen LogP contribution in [-0.4, -0.2) is 23.0 Å². The van der Waals surface area contributed by atoms with Crippen molar-refractivity contribution in [3.63, 3.8) is 0 Å². The number of carbonyl (C=O) groups excluding carboxylic acids is 2. The molecule has 126 valence electrons. The minimum atomic E-state index is -0.170. The normalized spacial score (nSPS) is 16.1. The van der Waals surface area contributed by atoms with Gasteiger partial charge in [-0.1, -0.05) is 37.1 Å². The van der Waals surface area contributed by atoms with Crippen LogP contribution in [0.2, 0.25) is 0 Å². The van der Waals surface area contributed by atoms with Crippen LogP contribution >= 0.6 is 0 Å². The zero-order chi connectivity index (χ0) is 16.7. The molecule has 1 saturated carbocycles. The zero-order valence-electron chi connectivity index (χ0n) is 13.7. The van der Waals surface area contributed by atoms with E-state index >= 15 is 0 Å². The summed E-state index contributed by atoms with van der Waals surface area (Å²) in [5, 5.41) is 15.1. The molecule has 1 aliphatic rings. The van der Waals surface area contributed by atoms with Gasteiger partial charge in [0, 0.05) is 24.9 Å². The van der Waals surface area contributed by atoms with Gasteiger partial charge < -0.3 is 15.7 Å². The lowest BCUT2D eigenvalue weighted by Gasteiger charge is -2.17. The first-order chi connectivity index (χ1) is 11.1. The molecule has 0 bridgehead atoms. The fourth-order valence-electron chi connectivity index (χ4n) is 3.03. The van der Waals surface area contributed by atoms with Crippen molar-refractivity contribution in [1.29, 1.82) is 0 Å².